The van der Waals surface area contributed by atoms with Gasteiger partial charge in [-0.15, -0.1) is 0 Å². The molecule has 1 aromatic heterocycles. The fraction of sp³-hybridized carbons (Fsp3) is 0.591. The summed E-state index contributed by atoms with van der Waals surface area (Å²) >= 11 is 0. The highest BCUT2D eigenvalue weighted by molar-refractivity contribution is 6.48. The number of rotatable bonds is 7. The molecule has 1 amide bonds. The summed E-state index contributed by atoms with van der Waals surface area (Å²) in [4.78, 5) is 28.2. The second-order valence-electron chi connectivity index (χ2n) is 8.76. The topological polar surface area (TPSA) is 105 Å². The van der Waals surface area contributed by atoms with Gasteiger partial charge in [-0.25, -0.2) is 4.68 Å². The van der Waals surface area contributed by atoms with Crippen LogP contribution in [0.25, 0.3) is 10.8 Å². The van der Waals surface area contributed by atoms with E-state index in [1.54, 1.807) is 25.0 Å². The van der Waals surface area contributed by atoms with E-state index in [0.29, 0.717) is 48.7 Å². The number of hydrogen-bond acceptors (Lipinski definition) is 6. The highest BCUT2D eigenvalue weighted by Crippen LogP contribution is 2.31. The highest BCUT2D eigenvalue weighted by Gasteiger charge is 2.40. The standard InChI is InChI=1S/C22H30BN3O5/c1-3-20-19-10-14(21(28)26-15-5-6-16(26)13-31-12-15)4-7-18(19)22(29)25(24-20)11-17(27)8-9-23(2)30/h4,7,10,15-17,27,30H,3,5-6,8-9,11-13H2,1-2H3/t15?,16?,17-/m0/s1. The SMILES string of the molecule is CCc1nn(C[C@@H](O)CCB(C)O)c(=O)c2ccc(C(=O)N3C4CCC3COC4)cc12. The van der Waals surface area contributed by atoms with Gasteiger partial charge in [0.15, 0.2) is 0 Å². The molecule has 0 aliphatic carbocycles. The lowest BCUT2D eigenvalue weighted by Crippen LogP contribution is -2.49. The van der Waals surface area contributed by atoms with Crippen molar-refractivity contribution in [1.82, 2.24) is 14.7 Å². The maximum Gasteiger partial charge on any atom is 0.285 e. The van der Waals surface area contributed by atoms with Crippen LogP contribution in [0.3, 0.4) is 0 Å². The molecule has 4 rings (SSSR count). The number of ether oxygens (including phenoxy) is 1. The number of carbonyl (C=O) groups excluding carboxylic acids is 1. The number of fused-ring (bicyclic) bond motifs is 3. The van der Waals surface area contributed by atoms with Crippen LogP contribution in [0.1, 0.15) is 42.2 Å². The Morgan fingerprint density at radius 1 is 1.29 bits per heavy atom. The third kappa shape index (κ3) is 4.40. The van der Waals surface area contributed by atoms with E-state index in [2.05, 4.69) is 5.10 Å². The number of nitrogens with zero attached hydrogens (tertiary/aromatic N) is 3. The molecule has 2 bridgehead atoms. The molecule has 2 unspecified atom stereocenters. The second-order valence-corrected chi connectivity index (χ2v) is 8.76. The van der Waals surface area contributed by atoms with Gasteiger partial charge in [-0.1, -0.05) is 13.7 Å². The van der Waals surface area contributed by atoms with Crippen molar-refractivity contribution in [2.24, 2.45) is 0 Å². The summed E-state index contributed by atoms with van der Waals surface area (Å²) in [6.45, 7) is 4.37. The van der Waals surface area contributed by atoms with E-state index in [9.17, 15) is 19.7 Å². The predicted molar refractivity (Wildman–Crippen MR) is 118 cm³/mol. The van der Waals surface area contributed by atoms with E-state index < -0.39 is 13.0 Å². The molecule has 2 aromatic rings. The van der Waals surface area contributed by atoms with Crippen molar-refractivity contribution in [3.63, 3.8) is 0 Å². The minimum absolute atomic E-state index is 0.0162. The first kappa shape index (κ1) is 22.0. The van der Waals surface area contributed by atoms with Crippen molar-refractivity contribution in [2.45, 2.75) is 70.5 Å². The molecular weight excluding hydrogens is 397 g/mol. The summed E-state index contributed by atoms with van der Waals surface area (Å²) in [6.07, 6.45) is 2.61. The molecular formula is C22H30BN3O5. The quantitative estimate of drug-likeness (QED) is 0.646. The minimum Gasteiger partial charge on any atom is -0.451 e. The number of aromatic nitrogens is 2. The summed E-state index contributed by atoms with van der Waals surface area (Å²) in [6, 6.07) is 5.46. The van der Waals surface area contributed by atoms with Crippen molar-refractivity contribution in [1.29, 1.82) is 0 Å². The van der Waals surface area contributed by atoms with Gasteiger partial charge in [0.1, 0.15) is 0 Å². The molecule has 1 aromatic carbocycles. The van der Waals surface area contributed by atoms with Gasteiger partial charge < -0.3 is 19.8 Å². The van der Waals surface area contributed by atoms with Crippen LogP contribution in [0.4, 0.5) is 0 Å². The number of benzene rings is 1. The molecule has 3 heterocycles. The number of amides is 1. The van der Waals surface area contributed by atoms with Gasteiger partial charge in [-0.2, -0.15) is 5.10 Å². The summed E-state index contributed by atoms with van der Waals surface area (Å²) in [5.74, 6) is -0.0162. The van der Waals surface area contributed by atoms with Crippen molar-refractivity contribution >= 4 is 23.6 Å². The molecule has 9 heteroatoms. The van der Waals surface area contributed by atoms with Gasteiger partial charge in [-0.3, -0.25) is 9.59 Å². The Morgan fingerprint density at radius 2 is 2.00 bits per heavy atom. The van der Waals surface area contributed by atoms with Crippen LogP contribution in [0, 0.1) is 0 Å². The molecule has 2 saturated heterocycles. The Balaban J connectivity index is 1.64. The maximum atomic E-state index is 13.2. The molecule has 2 aliphatic rings. The van der Waals surface area contributed by atoms with E-state index >= 15 is 0 Å². The number of carbonyl (C=O) groups is 1. The zero-order chi connectivity index (χ0) is 22.1. The Bertz CT molecular complexity index is 1010. The Labute approximate surface area is 181 Å². The van der Waals surface area contributed by atoms with Crippen LogP contribution >= 0.6 is 0 Å². The van der Waals surface area contributed by atoms with Crippen LogP contribution in [0.5, 0.6) is 0 Å². The Kier molecular flexibility index (Phi) is 6.45. The van der Waals surface area contributed by atoms with E-state index in [0.717, 1.165) is 18.5 Å². The van der Waals surface area contributed by atoms with Gasteiger partial charge in [0.2, 0.25) is 0 Å². The van der Waals surface area contributed by atoms with Crippen LogP contribution in [0.15, 0.2) is 23.0 Å². The number of hydrogen-bond donors (Lipinski definition) is 2. The van der Waals surface area contributed by atoms with E-state index in [1.807, 2.05) is 11.8 Å². The molecule has 0 saturated carbocycles. The third-order valence-electron chi connectivity index (χ3n) is 6.39. The number of aliphatic hydroxyl groups excluding tert-OH is 1. The molecule has 0 radical (unpaired) electrons. The monoisotopic (exact) mass is 427 g/mol. The average Bonchev–Trinajstić information content (AvgIpc) is 3.01. The zero-order valence-electron chi connectivity index (χ0n) is 18.2. The van der Waals surface area contributed by atoms with Crippen molar-refractivity contribution in [2.75, 3.05) is 13.2 Å². The zero-order valence-corrected chi connectivity index (χ0v) is 18.2. The van der Waals surface area contributed by atoms with Gasteiger partial charge >= 0.3 is 0 Å². The summed E-state index contributed by atoms with van der Waals surface area (Å²) in [7, 11) is 0. The van der Waals surface area contributed by atoms with Crippen LogP contribution in [-0.4, -0.2) is 69.0 Å². The summed E-state index contributed by atoms with van der Waals surface area (Å²) in [5, 5.41) is 25.3. The average molecular weight is 427 g/mol. The highest BCUT2D eigenvalue weighted by atomic mass is 16.5. The molecule has 31 heavy (non-hydrogen) atoms. The lowest BCUT2D eigenvalue weighted by Gasteiger charge is -2.34. The molecule has 2 N–H and O–H groups in total. The fourth-order valence-corrected chi connectivity index (χ4v) is 4.71. The van der Waals surface area contributed by atoms with Crippen LogP contribution < -0.4 is 5.56 Å². The van der Waals surface area contributed by atoms with Gasteiger partial charge in [-0.05, 0) is 50.2 Å². The fourth-order valence-electron chi connectivity index (χ4n) is 4.71. The van der Waals surface area contributed by atoms with Crippen molar-refractivity contribution in [3.05, 3.63) is 39.8 Å². The maximum absolute atomic E-state index is 13.2. The van der Waals surface area contributed by atoms with Gasteiger partial charge in [0.25, 0.3) is 18.4 Å². The van der Waals surface area contributed by atoms with Gasteiger partial charge in [0.05, 0.1) is 49.0 Å². The predicted octanol–water partition coefficient (Wildman–Crippen LogP) is 1.33. The molecule has 166 valence electrons. The molecule has 2 fully saturated rings. The third-order valence-corrected chi connectivity index (χ3v) is 6.39. The molecule has 3 atom stereocenters. The van der Waals surface area contributed by atoms with E-state index in [4.69, 9.17) is 4.74 Å². The van der Waals surface area contributed by atoms with E-state index in [-0.39, 0.29) is 30.1 Å². The first-order chi connectivity index (χ1) is 14.9. The Morgan fingerprint density at radius 3 is 2.65 bits per heavy atom. The Hall–Kier alpha value is -2.23. The van der Waals surface area contributed by atoms with Gasteiger partial charge in [0, 0.05) is 10.9 Å². The smallest absolute Gasteiger partial charge is 0.285 e. The van der Waals surface area contributed by atoms with Crippen LogP contribution in [0.2, 0.25) is 13.1 Å². The first-order valence-electron chi connectivity index (χ1n) is 11.2. The number of aryl methyl sites for hydroxylation is 1. The lowest BCUT2D eigenvalue weighted by atomic mass is 9.67. The van der Waals surface area contributed by atoms with Crippen molar-refractivity contribution < 1.29 is 19.7 Å². The summed E-state index contributed by atoms with van der Waals surface area (Å²) < 4.78 is 6.89. The molecule has 8 nitrogen and oxygen atoms in total. The normalized spacial score (nSPS) is 21.5. The number of morpholine rings is 1. The number of aliphatic hydroxyl groups is 1. The van der Waals surface area contributed by atoms with Crippen LogP contribution in [-0.2, 0) is 17.7 Å². The largest absolute Gasteiger partial charge is 0.451 e. The second kappa shape index (κ2) is 9.10. The molecule has 0 spiro atoms. The molecule has 2 aliphatic heterocycles. The first-order valence-corrected chi connectivity index (χ1v) is 11.2. The van der Waals surface area contributed by atoms with E-state index in [1.165, 1.54) is 4.68 Å². The minimum atomic E-state index is -0.764. The summed E-state index contributed by atoms with van der Waals surface area (Å²) in [5.41, 5.74) is 1.00. The van der Waals surface area contributed by atoms with Crippen molar-refractivity contribution in [3.8, 4) is 0 Å². The lowest BCUT2D eigenvalue weighted by molar-refractivity contribution is -0.00714.